The number of amides is 2. The molecule has 0 fully saturated rings. The molecule has 14 heteroatoms. The van der Waals surface area contributed by atoms with E-state index >= 15 is 0 Å². The number of rotatable bonds is 2. The lowest BCUT2D eigenvalue weighted by molar-refractivity contribution is 0.0975. The number of carbonyl (C=O) groups is 2. The molecule has 2 aliphatic heterocycles. The summed E-state index contributed by atoms with van der Waals surface area (Å²) >= 11 is 49.6. The highest BCUT2D eigenvalue weighted by Gasteiger charge is 2.35. The number of nitrogens with one attached hydrogen (secondary N) is 2. The third kappa shape index (κ3) is 5.79. The number of carbonyl (C=O) groups excluding carboxylic acids is 2. The normalized spacial score (nSPS) is 15.1. The fourth-order valence-electron chi connectivity index (χ4n) is 3.66. The second kappa shape index (κ2) is 13.5. The van der Waals surface area contributed by atoms with Crippen LogP contribution in [0.2, 0.25) is 40.2 Å². The Kier molecular flexibility index (Phi) is 11.1. The molecule has 0 bridgehead atoms. The first-order chi connectivity index (χ1) is 19.0. The van der Waals surface area contributed by atoms with E-state index < -0.39 is 11.8 Å². The van der Waals surface area contributed by atoms with Crippen LogP contribution in [-0.4, -0.2) is 23.5 Å². The fraction of sp³-hybridized carbons (Fsp3) is 0.154. The highest BCUT2D eigenvalue weighted by atomic mass is 35.5. The van der Waals surface area contributed by atoms with Crippen LogP contribution in [0.4, 0.5) is 11.4 Å². The van der Waals surface area contributed by atoms with Gasteiger partial charge in [0.15, 0.2) is 0 Å². The van der Waals surface area contributed by atoms with Gasteiger partial charge < -0.3 is 10.6 Å². The second-order valence-electron chi connectivity index (χ2n) is 7.36. The quantitative estimate of drug-likeness (QED) is 0.206. The van der Waals surface area contributed by atoms with Crippen LogP contribution in [0.1, 0.15) is 59.5 Å². The number of fused-ring (bicyclic) bond motifs is 2. The molecule has 2 amide bonds. The van der Waals surface area contributed by atoms with Gasteiger partial charge in [0, 0.05) is 0 Å². The zero-order valence-electron chi connectivity index (χ0n) is 21.0. The van der Waals surface area contributed by atoms with Gasteiger partial charge in [-0.1, -0.05) is 127 Å². The van der Waals surface area contributed by atoms with Crippen molar-refractivity contribution in [1.29, 1.82) is 0 Å². The standard InChI is InChI=1S/C22H6Cl8N4O2.2C2H6/c23-11-7-9(13(25)17(29)15(11)27)21(35)33-19(7)31-5-2-1-3-6(4-5)32-20-8-10(22(36)34-20)14(26)18(30)16(28)12(8)24;2*1-2/h1-4H,(H,31,33,35)(H,32,34,36);2*1-2H3. The summed E-state index contributed by atoms with van der Waals surface area (Å²) in [5, 5.41) is 5.15. The molecule has 5 rings (SSSR count). The summed E-state index contributed by atoms with van der Waals surface area (Å²) in [4.78, 5) is 34.0. The molecular formula is C26H18Cl8N4O2. The van der Waals surface area contributed by atoms with E-state index in [-0.39, 0.29) is 74.1 Å². The minimum absolute atomic E-state index is 0.00335. The van der Waals surface area contributed by atoms with E-state index in [1.807, 2.05) is 27.7 Å². The second-order valence-corrected chi connectivity index (χ2v) is 10.4. The Hall–Kier alpha value is -1.74. The Bertz CT molecular complexity index is 1500. The first kappa shape index (κ1) is 32.8. The molecule has 0 saturated carbocycles. The number of hydrogen-bond donors (Lipinski definition) is 2. The largest absolute Gasteiger partial charge is 0.306 e. The van der Waals surface area contributed by atoms with E-state index in [1.54, 1.807) is 24.3 Å². The van der Waals surface area contributed by atoms with E-state index in [0.717, 1.165) is 0 Å². The fourth-order valence-corrected chi connectivity index (χ4v) is 5.71. The van der Waals surface area contributed by atoms with Crippen LogP contribution in [0.15, 0.2) is 34.3 Å². The van der Waals surface area contributed by atoms with Crippen molar-refractivity contribution in [1.82, 2.24) is 10.6 Å². The highest BCUT2D eigenvalue weighted by Crippen LogP contribution is 2.45. The Balaban J connectivity index is 0.00000106. The average Bonchev–Trinajstić information content (AvgIpc) is 3.46. The zero-order chi connectivity index (χ0) is 30.0. The van der Waals surface area contributed by atoms with Crippen LogP contribution in [0.25, 0.3) is 0 Å². The van der Waals surface area contributed by atoms with Crippen molar-refractivity contribution in [2.45, 2.75) is 27.7 Å². The van der Waals surface area contributed by atoms with Crippen molar-refractivity contribution >= 4 is 128 Å². The predicted octanol–water partition coefficient (Wildman–Crippen LogP) is 10.6. The summed E-state index contributed by atoms with van der Waals surface area (Å²) in [6.07, 6.45) is 0. The molecule has 0 unspecified atom stereocenters. The molecular weight excluding hydrogens is 684 g/mol. The van der Waals surface area contributed by atoms with Crippen LogP contribution in [0.5, 0.6) is 0 Å². The number of aliphatic imine (C=N–C) groups is 2. The van der Waals surface area contributed by atoms with Crippen molar-refractivity contribution in [2.75, 3.05) is 0 Å². The maximum Gasteiger partial charge on any atom is 0.259 e. The molecule has 3 aromatic carbocycles. The summed E-state index contributed by atoms with van der Waals surface area (Å²) in [7, 11) is 0. The van der Waals surface area contributed by atoms with Gasteiger partial charge in [0.25, 0.3) is 11.8 Å². The molecule has 0 spiro atoms. The monoisotopic (exact) mass is 698 g/mol. The first-order valence-electron chi connectivity index (χ1n) is 11.6. The molecule has 0 atom stereocenters. The smallest absolute Gasteiger partial charge is 0.259 e. The van der Waals surface area contributed by atoms with Crippen molar-refractivity contribution in [3.63, 3.8) is 0 Å². The number of benzene rings is 3. The number of halogens is 8. The maximum atomic E-state index is 12.5. The summed E-state index contributed by atoms with van der Waals surface area (Å²) in [5.74, 6) is -0.807. The summed E-state index contributed by atoms with van der Waals surface area (Å²) in [5.41, 5.74) is 1.37. The molecule has 0 saturated heterocycles. The van der Waals surface area contributed by atoms with Gasteiger partial charge in [0.2, 0.25) is 0 Å². The molecule has 210 valence electrons. The van der Waals surface area contributed by atoms with Crippen LogP contribution >= 0.6 is 92.8 Å². The first-order valence-corrected chi connectivity index (χ1v) is 14.7. The van der Waals surface area contributed by atoms with Crippen molar-refractivity contribution in [2.24, 2.45) is 9.98 Å². The number of hydrogen-bond acceptors (Lipinski definition) is 4. The van der Waals surface area contributed by atoms with Gasteiger partial charge in [-0.2, -0.15) is 0 Å². The summed E-state index contributed by atoms with van der Waals surface area (Å²) in [6, 6.07) is 6.58. The Morgan fingerprint density at radius 1 is 0.500 bits per heavy atom. The minimum atomic E-state index is -0.530. The van der Waals surface area contributed by atoms with Gasteiger partial charge >= 0.3 is 0 Å². The Labute approximate surface area is 270 Å². The molecule has 40 heavy (non-hydrogen) atoms. The van der Waals surface area contributed by atoms with E-state index in [2.05, 4.69) is 20.6 Å². The zero-order valence-corrected chi connectivity index (χ0v) is 27.1. The third-order valence-corrected chi connectivity index (χ3v) is 8.84. The predicted molar refractivity (Wildman–Crippen MR) is 169 cm³/mol. The molecule has 2 aliphatic rings. The minimum Gasteiger partial charge on any atom is -0.306 e. The van der Waals surface area contributed by atoms with E-state index in [0.29, 0.717) is 11.4 Å². The molecule has 0 aliphatic carbocycles. The topological polar surface area (TPSA) is 82.9 Å². The van der Waals surface area contributed by atoms with Gasteiger partial charge in [-0.3, -0.25) is 9.59 Å². The van der Waals surface area contributed by atoms with Crippen LogP contribution < -0.4 is 10.6 Å². The van der Waals surface area contributed by atoms with Crippen molar-refractivity contribution < 1.29 is 9.59 Å². The molecule has 0 aromatic heterocycles. The van der Waals surface area contributed by atoms with Gasteiger partial charge in [0.1, 0.15) is 11.7 Å². The van der Waals surface area contributed by atoms with Gasteiger partial charge in [-0.15, -0.1) is 0 Å². The molecule has 2 N–H and O–H groups in total. The maximum absolute atomic E-state index is 12.5. The van der Waals surface area contributed by atoms with Gasteiger partial charge in [-0.25, -0.2) is 9.98 Å². The lowest BCUT2D eigenvalue weighted by atomic mass is 10.1. The van der Waals surface area contributed by atoms with E-state index in [1.165, 1.54) is 0 Å². The van der Waals surface area contributed by atoms with Crippen molar-refractivity contribution in [3.8, 4) is 0 Å². The number of amidine groups is 2. The Morgan fingerprint density at radius 3 is 1.12 bits per heavy atom. The average molecular weight is 702 g/mol. The SMILES string of the molecule is CC.CC.O=C1NC(=Nc2cccc(N=C3NC(=O)c4c(Cl)c(Cl)c(Cl)c(Cl)c43)c2)c2c(Cl)c(Cl)c(Cl)c(Cl)c21. The molecule has 3 aromatic rings. The number of nitrogens with zero attached hydrogens (tertiary/aromatic N) is 2. The van der Waals surface area contributed by atoms with Crippen LogP contribution in [0, 0.1) is 0 Å². The van der Waals surface area contributed by atoms with Gasteiger partial charge in [0.05, 0.1) is 73.8 Å². The molecule has 6 nitrogen and oxygen atoms in total. The van der Waals surface area contributed by atoms with Crippen LogP contribution in [0.3, 0.4) is 0 Å². The van der Waals surface area contributed by atoms with Gasteiger partial charge in [-0.05, 0) is 18.2 Å². The Morgan fingerprint density at radius 2 is 0.800 bits per heavy atom. The van der Waals surface area contributed by atoms with Crippen LogP contribution in [-0.2, 0) is 0 Å². The lowest BCUT2D eigenvalue weighted by Gasteiger charge is -2.09. The summed E-state index contributed by atoms with van der Waals surface area (Å²) in [6.45, 7) is 8.00. The van der Waals surface area contributed by atoms with E-state index in [9.17, 15) is 9.59 Å². The highest BCUT2D eigenvalue weighted by molar-refractivity contribution is 6.56. The van der Waals surface area contributed by atoms with E-state index in [4.69, 9.17) is 92.8 Å². The molecule has 0 radical (unpaired) electrons. The summed E-state index contributed by atoms with van der Waals surface area (Å²) < 4.78 is 0. The third-order valence-electron chi connectivity index (χ3n) is 5.24. The molecule has 2 heterocycles. The lowest BCUT2D eigenvalue weighted by Crippen LogP contribution is -2.21. The van der Waals surface area contributed by atoms with Crippen molar-refractivity contribution in [3.05, 3.63) is 86.7 Å².